The van der Waals surface area contributed by atoms with Crippen LogP contribution in [-0.4, -0.2) is 35.5 Å². The molecule has 6 heteroatoms. The predicted molar refractivity (Wildman–Crippen MR) is 105 cm³/mol. The number of urea groups is 1. The molecule has 27 heavy (non-hydrogen) atoms. The smallest absolute Gasteiger partial charge is 0.321 e. The summed E-state index contributed by atoms with van der Waals surface area (Å²) >= 11 is 1.75. The van der Waals surface area contributed by atoms with E-state index in [1.54, 1.807) is 11.3 Å². The van der Waals surface area contributed by atoms with Gasteiger partial charge in [0, 0.05) is 16.5 Å². The maximum atomic E-state index is 12.6. The van der Waals surface area contributed by atoms with Crippen molar-refractivity contribution in [2.45, 2.75) is 62.9 Å². The molecule has 3 amide bonds. The van der Waals surface area contributed by atoms with E-state index in [0.29, 0.717) is 12.6 Å². The molecule has 2 heterocycles. The van der Waals surface area contributed by atoms with Gasteiger partial charge in [-0.1, -0.05) is 6.07 Å². The minimum absolute atomic E-state index is 0.0493. The molecular formula is C21H29N3O2S. The van der Waals surface area contributed by atoms with Crippen LogP contribution in [0.5, 0.6) is 0 Å². The average Bonchev–Trinajstić information content (AvgIpc) is 3.23. The number of hydrogen-bond acceptors (Lipinski definition) is 4. The lowest BCUT2D eigenvalue weighted by Crippen LogP contribution is -2.62. The maximum Gasteiger partial charge on any atom is 0.321 e. The summed E-state index contributed by atoms with van der Waals surface area (Å²) in [6, 6.07) is 4.25. The molecular weight excluding hydrogens is 358 g/mol. The highest BCUT2D eigenvalue weighted by molar-refractivity contribution is 7.10. The van der Waals surface area contributed by atoms with Gasteiger partial charge in [-0.3, -0.25) is 15.0 Å². The minimum atomic E-state index is -0.283. The molecule has 0 spiro atoms. The number of carbonyl (C=O) groups is 2. The predicted octanol–water partition coefficient (Wildman–Crippen LogP) is 3.68. The van der Waals surface area contributed by atoms with Gasteiger partial charge < -0.3 is 5.32 Å². The molecule has 5 nitrogen and oxygen atoms in total. The summed E-state index contributed by atoms with van der Waals surface area (Å²) < 4.78 is 0. The first-order valence-electron chi connectivity index (χ1n) is 10.5. The van der Waals surface area contributed by atoms with Crippen LogP contribution in [0.15, 0.2) is 17.5 Å². The number of nitrogens with zero attached hydrogens (tertiary/aromatic N) is 1. The largest absolute Gasteiger partial charge is 0.332 e. The lowest BCUT2D eigenvalue weighted by atomic mass is 9.53. The van der Waals surface area contributed by atoms with Gasteiger partial charge in [-0.25, -0.2) is 4.79 Å². The summed E-state index contributed by atoms with van der Waals surface area (Å²) in [5, 5.41) is 7.94. The summed E-state index contributed by atoms with van der Waals surface area (Å²) in [5.41, 5.74) is -0.0493. The molecule has 1 aliphatic heterocycles. The third-order valence-corrected chi connectivity index (χ3v) is 8.23. The van der Waals surface area contributed by atoms with Crippen molar-refractivity contribution < 1.29 is 9.59 Å². The molecule has 146 valence electrons. The van der Waals surface area contributed by atoms with Crippen molar-refractivity contribution in [2.24, 2.45) is 17.8 Å². The van der Waals surface area contributed by atoms with Crippen molar-refractivity contribution in [3.8, 4) is 0 Å². The fourth-order valence-corrected chi connectivity index (χ4v) is 7.60. The fourth-order valence-electron chi connectivity index (χ4n) is 6.70. The second-order valence-corrected chi connectivity index (χ2v) is 10.3. The lowest BCUT2D eigenvalue weighted by Gasteiger charge is -2.56. The molecule has 4 aliphatic carbocycles. The van der Waals surface area contributed by atoms with E-state index in [2.05, 4.69) is 33.0 Å². The summed E-state index contributed by atoms with van der Waals surface area (Å²) in [6.07, 6.45) is 9.55. The number of amides is 3. The van der Waals surface area contributed by atoms with E-state index in [1.807, 2.05) is 0 Å². The SMILES string of the molecule is O=C(CN1CCC[C@@H]1c1cccs1)NC(=O)NC12CC3CC(CC(C3)C1)C2. The van der Waals surface area contributed by atoms with Crippen molar-refractivity contribution in [1.29, 1.82) is 0 Å². The van der Waals surface area contributed by atoms with Gasteiger partial charge in [0.15, 0.2) is 0 Å². The molecule has 0 unspecified atom stereocenters. The highest BCUT2D eigenvalue weighted by atomic mass is 32.1. The van der Waals surface area contributed by atoms with Crippen LogP contribution in [-0.2, 0) is 4.79 Å². The minimum Gasteiger partial charge on any atom is -0.332 e. The molecule has 1 aromatic rings. The van der Waals surface area contributed by atoms with Crippen molar-refractivity contribution in [3.63, 3.8) is 0 Å². The monoisotopic (exact) mass is 387 g/mol. The molecule has 1 saturated heterocycles. The Morgan fingerprint density at radius 3 is 2.48 bits per heavy atom. The summed E-state index contributed by atoms with van der Waals surface area (Å²) in [5.74, 6) is 2.16. The molecule has 1 atom stereocenters. The zero-order valence-corrected chi connectivity index (χ0v) is 16.6. The van der Waals surface area contributed by atoms with Gasteiger partial charge in [-0.05, 0) is 87.1 Å². The first-order valence-corrected chi connectivity index (χ1v) is 11.4. The van der Waals surface area contributed by atoms with E-state index in [1.165, 1.54) is 24.1 Å². The second kappa shape index (κ2) is 6.89. The standard InChI is InChI=1S/C21H29N3O2S/c25-19(13-24-5-1-3-17(24)18-4-2-6-27-18)22-20(26)23-21-10-14-7-15(11-21)9-16(8-14)12-21/h2,4,6,14-17H,1,3,5,7-13H2,(H2,22,23,25,26)/t14?,15?,16?,17-,21?/m1/s1. The molecule has 5 aliphatic rings. The Kier molecular flexibility index (Phi) is 4.51. The van der Waals surface area contributed by atoms with E-state index < -0.39 is 0 Å². The highest BCUT2D eigenvalue weighted by Gasteiger charge is 2.51. The molecule has 2 N–H and O–H groups in total. The van der Waals surface area contributed by atoms with E-state index >= 15 is 0 Å². The fraction of sp³-hybridized carbons (Fsp3) is 0.714. The highest BCUT2D eigenvalue weighted by Crippen LogP contribution is 2.55. The number of thiophene rings is 1. The third kappa shape index (κ3) is 3.54. The van der Waals surface area contributed by atoms with Gasteiger partial charge in [-0.15, -0.1) is 11.3 Å². The molecule has 4 saturated carbocycles. The Bertz CT molecular complexity index is 682. The van der Waals surface area contributed by atoms with Crippen LogP contribution in [0.3, 0.4) is 0 Å². The summed E-state index contributed by atoms with van der Waals surface area (Å²) in [6.45, 7) is 1.23. The first-order chi connectivity index (χ1) is 13.1. The number of rotatable bonds is 4. The molecule has 0 aromatic carbocycles. The van der Waals surface area contributed by atoms with Crippen LogP contribution in [0, 0.1) is 17.8 Å². The summed E-state index contributed by atoms with van der Waals surface area (Å²) in [7, 11) is 0. The number of likely N-dealkylation sites (tertiary alicyclic amines) is 1. The number of imide groups is 1. The Hall–Kier alpha value is -1.40. The van der Waals surface area contributed by atoms with Gasteiger partial charge in [-0.2, -0.15) is 0 Å². The molecule has 4 bridgehead atoms. The molecule has 5 fully saturated rings. The van der Waals surface area contributed by atoms with Crippen molar-refractivity contribution in [2.75, 3.05) is 13.1 Å². The molecule has 6 rings (SSSR count). The Labute approximate surface area is 164 Å². The Balaban J connectivity index is 1.16. The van der Waals surface area contributed by atoms with Gasteiger partial charge in [0.05, 0.1) is 6.54 Å². The van der Waals surface area contributed by atoms with Gasteiger partial charge in [0.2, 0.25) is 5.91 Å². The second-order valence-electron chi connectivity index (χ2n) is 9.34. The van der Waals surface area contributed by atoms with Crippen LogP contribution in [0.25, 0.3) is 0 Å². The Morgan fingerprint density at radius 2 is 1.85 bits per heavy atom. The third-order valence-electron chi connectivity index (χ3n) is 7.25. The zero-order chi connectivity index (χ0) is 18.4. The quantitative estimate of drug-likeness (QED) is 0.828. The van der Waals surface area contributed by atoms with Crippen LogP contribution in [0.1, 0.15) is 62.3 Å². The number of nitrogens with one attached hydrogen (secondary N) is 2. The van der Waals surface area contributed by atoms with Crippen LogP contribution >= 0.6 is 11.3 Å². The topological polar surface area (TPSA) is 61.4 Å². The van der Waals surface area contributed by atoms with E-state index in [0.717, 1.165) is 56.4 Å². The van der Waals surface area contributed by atoms with Crippen LogP contribution in [0.4, 0.5) is 4.79 Å². The average molecular weight is 388 g/mol. The van der Waals surface area contributed by atoms with Gasteiger partial charge in [0.25, 0.3) is 0 Å². The van der Waals surface area contributed by atoms with E-state index in [4.69, 9.17) is 0 Å². The molecule has 1 aromatic heterocycles. The van der Waals surface area contributed by atoms with E-state index in [-0.39, 0.29) is 17.5 Å². The zero-order valence-electron chi connectivity index (χ0n) is 15.8. The van der Waals surface area contributed by atoms with Gasteiger partial charge in [0.1, 0.15) is 0 Å². The molecule has 0 radical (unpaired) electrons. The number of hydrogen-bond donors (Lipinski definition) is 2. The maximum absolute atomic E-state index is 12.6. The van der Waals surface area contributed by atoms with Gasteiger partial charge >= 0.3 is 6.03 Å². The van der Waals surface area contributed by atoms with Crippen molar-refractivity contribution in [1.82, 2.24) is 15.5 Å². The van der Waals surface area contributed by atoms with Crippen LogP contribution < -0.4 is 10.6 Å². The first kappa shape index (κ1) is 17.7. The van der Waals surface area contributed by atoms with Crippen molar-refractivity contribution >= 4 is 23.3 Å². The van der Waals surface area contributed by atoms with Crippen LogP contribution in [0.2, 0.25) is 0 Å². The summed E-state index contributed by atoms with van der Waals surface area (Å²) in [4.78, 5) is 28.6. The Morgan fingerprint density at radius 1 is 1.15 bits per heavy atom. The normalized spacial score (nSPS) is 37.5. The van der Waals surface area contributed by atoms with Crippen molar-refractivity contribution in [3.05, 3.63) is 22.4 Å². The van der Waals surface area contributed by atoms with E-state index in [9.17, 15) is 9.59 Å². The number of carbonyl (C=O) groups excluding carboxylic acids is 2. The lowest BCUT2D eigenvalue weighted by molar-refractivity contribution is -0.121.